The number of carbonyl (C=O) groups excluding carboxylic acids is 2. The average molecular weight is 637 g/mol. The molecule has 246 valence electrons. The fraction of sp³-hybridized carbons (Fsp3) is 0.429. The number of aromatic amines is 1. The largest absolute Gasteiger partial charge is 0.354 e. The average Bonchev–Trinajstić information content (AvgIpc) is 3.65. The van der Waals surface area contributed by atoms with Crippen LogP contribution < -0.4 is 21.3 Å². The van der Waals surface area contributed by atoms with E-state index < -0.39 is 6.04 Å². The highest BCUT2D eigenvalue weighted by Gasteiger charge is 2.26. The van der Waals surface area contributed by atoms with Crippen LogP contribution in [0.1, 0.15) is 37.7 Å². The summed E-state index contributed by atoms with van der Waals surface area (Å²) in [7, 11) is 2.14. The molecule has 1 saturated carbocycles. The number of piperazine rings is 1. The second-order valence-electron chi connectivity index (χ2n) is 12.8. The van der Waals surface area contributed by atoms with Gasteiger partial charge in [-0.1, -0.05) is 24.3 Å². The van der Waals surface area contributed by atoms with Gasteiger partial charge in [0.25, 0.3) is 0 Å². The maximum absolute atomic E-state index is 13.7. The Balaban J connectivity index is 1.17. The molecule has 47 heavy (non-hydrogen) atoms. The summed E-state index contributed by atoms with van der Waals surface area (Å²) in [5, 5.41) is 20.1. The molecule has 2 amide bonds. The molecule has 1 saturated heterocycles. The third-order valence-corrected chi connectivity index (χ3v) is 9.45. The van der Waals surface area contributed by atoms with Crippen LogP contribution in [0.4, 0.5) is 11.5 Å². The van der Waals surface area contributed by atoms with Crippen molar-refractivity contribution in [3.05, 3.63) is 72.4 Å². The summed E-state index contributed by atoms with van der Waals surface area (Å²) in [6.07, 6.45) is 6.70. The van der Waals surface area contributed by atoms with Gasteiger partial charge in [0.05, 0.1) is 0 Å². The molecule has 5 N–H and O–H groups in total. The SMILES string of the molecule is CN1CCN(c2cc(-c3cccc(CC(NC(=O)CC4CCC(CN)CC4)C(=O)Nc4ccc(-c5nn[nH]n5)cc4)c3)ccn2)CC1. The van der Waals surface area contributed by atoms with E-state index in [1.54, 1.807) is 12.1 Å². The van der Waals surface area contributed by atoms with Gasteiger partial charge in [-0.2, -0.15) is 5.21 Å². The first kappa shape index (κ1) is 32.3. The lowest BCUT2D eigenvalue weighted by molar-refractivity contribution is -0.127. The highest BCUT2D eigenvalue weighted by Crippen LogP contribution is 2.30. The van der Waals surface area contributed by atoms with Gasteiger partial charge < -0.3 is 26.2 Å². The molecule has 2 aromatic carbocycles. The fourth-order valence-electron chi connectivity index (χ4n) is 6.53. The monoisotopic (exact) mass is 636 g/mol. The van der Waals surface area contributed by atoms with E-state index in [0.717, 1.165) is 79.9 Å². The van der Waals surface area contributed by atoms with E-state index in [1.165, 1.54) is 0 Å². The third-order valence-electron chi connectivity index (χ3n) is 9.45. The first-order chi connectivity index (χ1) is 22.9. The van der Waals surface area contributed by atoms with Crippen molar-refractivity contribution in [3.8, 4) is 22.5 Å². The third kappa shape index (κ3) is 8.57. The van der Waals surface area contributed by atoms with Crippen molar-refractivity contribution in [1.82, 2.24) is 35.8 Å². The van der Waals surface area contributed by atoms with Crippen molar-refractivity contribution >= 4 is 23.3 Å². The standard InChI is InChI=1S/C35H44N10O2/c1-44-15-17-45(18-16-44)32-22-29(13-14-37-32)28-4-2-3-26(19-28)20-31(39-33(46)21-24-5-7-25(23-36)8-6-24)35(47)38-30-11-9-27(10-12-30)34-40-42-43-41-34/h2-4,9-14,19,22,24-25,31H,5-8,15-18,20-21,23,36H2,1H3,(H,38,47)(H,39,46)(H,40,41,42,43). The number of amides is 2. The highest BCUT2D eigenvalue weighted by atomic mass is 16.2. The van der Waals surface area contributed by atoms with Crippen LogP contribution in [-0.4, -0.2) is 88.1 Å². The number of carbonyl (C=O) groups is 2. The fourth-order valence-corrected chi connectivity index (χ4v) is 6.53. The van der Waals surface area contributed by atoms with Gasteiger partial charge in [0.1, 0.15) is 11.9 Å². The van der Waals surface area contributed by atoms with Crippen molar-refractivity contribution in [2.45, 2.75) is 44.6 Å². The summed E-state index contributed by atoms with van der Waals surface area (Å²) in [5.74, 6) is 1.92. The number of anilines is 2. The zero-order valence-electron chi connectivity index (χ0n) is 26.9. The molecule has 1 atom stereocenters. The van der Waals surface area contributed by atoms with Gasteiger partial charge in [0, 0.05) is 56.5 Å². The number of nitrogens with two attached hydrogens (primary N) is 1. The normalized spacial score (nSPS) is 19.2. The minimum atomic E-state index is -0.756. The molecule has 0 bridgehead atoms. The summed E-state index contributed by atoms with van der Waals surface area (Å²) >= 11 is 0. The molecule has 2 aliphatic rings. The predicted octanol–water partition coefficient (Wildman–Crippen LogP) is 3.50. The summed E-state index contributed by atoms with van der Waals surface area (Å²) in [6.45, 7) is 4.60. The van der Waals surface area contributed by atoms with Gasteiger partial charge >= 0.3 is 0 Å². The molecule has 1 aliphatic heterocycles. The molecule has 0 spiro atoms. The Labute approximate surface area is 275 Å². The number of nitrogens with one attached hydrogen (secondary N) is 3. The molecule has 4 aromatic rings. The quantitative estimate of drug-likeness (QED) is 0.193. The van der Waals surface area contributed by atoms with E-state index in [4.69, 9.17) is 5.73 Å². The van der Waals surface area contributed by atoms with E-state index in [1.807, 2.05) is 36.5 Å². The molecule has 12 nitrogen and oxygen atoms in total. The number of benzene rings is 2. The van der Waals surface area contributed by atoms with E-state index in [9.17, 15) is 9.59 Å². The minimum absolute atomic E-state index is 0.101. The van der Waals surface area contributed by atoms with Gasteiger partial charge in [-0.05, 0) is 109 Å². The Morgan fingerprint density at radius 1 is 0.936 bits per heavy atom. The van der Waals surface area contributed by atoms with Gasteiger partial charge in [0.2, 0.25) is 17.6 Å². The molecular formula is C35H44N10O2. The maximum Gasteiger partial charge on any atom is 0.247 e. The second-order valence-corrected chi connectivity index (χ2v) is 12.8. The number of pyridine rings is 1. The lowest BCUT2D eigenvalue weighted by Crippen LogP contribution is -2.45. The zero-order chi connectivity index (χ0) is 32.6. The van der Waals surface area contributed by atoms with Crippen LogP contribution in [0.3, 0.4) is 0 Å². The topological polar surface area (TPSA) is 158 Å². The van der Waals surface area contributed by atoms with Gasteiger partial charge in [-0.15, -0.1) is 10.2 Å². The number of rotatable bonds is 11. The van der Waals surface area contributed by atoms with E-state index in [0.29, 0.717) is 42.7 Å². The van der Waals surface area contributed by atoms with Gasteiger partial charge in [-0.25, -0.2) is 4.98 Å². The Morgan fingerprint density at radius 3 is 2.40 bits per heavy atom. The second kappa shape index (κ2) is 15.3. The van der Waals surface area contributed by atoms with E-state index in [-0.39, 0.29) is 11.8 Å². The Hall–Kier alpha value is -4.68. The molecular weight excluding hydrogens is 592 g/mol. The van der Waals surface area contributed by atoms with E-state index in [2.05, 4.69) is 71.3 Å². The number of tetrazole rings is 1. The number of likely N-dealkylation sites (N-methyl/N-ethyl adjacent to an activating group) is 1. The number of aromatic nitrogens is 5. The van der Waals surface area contributed by atoms with Crippen LogP contribution in [0, 0.1) is 11.8 Å². The number of hydrogen-bond donors (Lipinski definition) is 4. The van der Waals surface area contributed by atoms with Crippen LogP contribution in [0.2, 0.25) is 0 Å². The first-order valence-electron chi connectivity index (χ1n) is 16.6. The van der Waals surface area contributed by atoms with Crippen molar-refractivity contribution < 1.29 is 9.59 Å². The molecule has 12 heteroatoms. The Bertz CT molecular complexity index is 1610. The lowest BCUT2D eigenvalue weighted by Gasteiger charge is -2.33. The van der Waals surface area contributed by atoms with Crippen LogP contribution in [-0.2, 0) is 16.0 Å². The molecule has 6 rings (SSSR count). The van der Waals surface area contributed by atoms with E-state index >= 15 is 0 Å². The number of hydrogen-bond acceptors (Lipinski definition) is 9. The molecule has 1 aliphatic carbocycles. The first-order valence-corrected chi connectivity index (χ1v) is 16.6. The van der Waals surface area contributed by atoms with Crippen molar-refractivity contribution in [1.29, 1.82) is 0 Å². The Kier molecular flexibility index (Phi) is 10.5. The van der Waals surface area contributed by atoms with Gasteiger partial charge in [-0.3, -0.25) is 9.59 Å². The van der Waals surface area contributed by atoms with Crippen LogP contribution >= 0.6 is 0 Å². The van der Waals surface area contributed by atoms with Gasteiger partial charge in [0.15, 0.2) is 0 Å². The summed E-state index contributed by atoms with van der Waals surface area (Å²) < 4.78 is 0. The van der Waals surface area contributed by atoms with Crippen LogP contribution in [0.15, 0.2) is 66.9 Å². The van der Waals surface area contributed by atoms with Crippen LogP contribution in [0.25, 0.3) is 22.5 Å². The zero-order valence-corrected chi connectivity index (χ0v) is 26.9. The summed E-state index contributed by atoms with van der Waals surface area (Å²) in [5.41, 5.74) is 10.3. The minimum Gasteiger partial charge on any atom is -0.354 e. The molecule has 1 unspecified atom stereocenters. The highest BCUT2D eigenvalue weighted by molar-refractivity contribution is 5.97. The molecule has 2 aromatic heterocycles. The molecule has 2 fully saturated rings. The maximum atomic E-state index is 13.7. The summed E-state index contributed by atoms with van der Waals surface area (Å²) in [4.78, 5) is 36.4. The number of H-pyrrole nitrogens is 1. The van der Waals surface area contributed by atoms with Crippen molar-refractivity contribution in [2.75, 3.05) is 50.0 Å². The number of nitrogens with zero attached hydrogens (tertiary/aromatic N) is 6. The smallest absolute Gasteiger partial charge is 0.247 e. The van der Waals surface area contributed by atoms with Crippen molar-refractivity contribution in [2.24, 2.45) is 17.6 Å². The molecule has 0 radical (unpaired) electrons. The van der Waals surface area contributed by atoms with Crippen molar-refractivity contribution in [3.63, 3.8) is 0 Å². The Morgan fingerprint density at radius 2 is 1.68 bits per heavy atom. The van der Waals surface area contributed by atoms with Crippen LogP contribution in [0.5, 0.6) is 0 Å². The lowest BCUT2D eigenvalue weighted by atomic mass is 9.80. The summed E-state index contributed by atoms with van der Waals surface area (Å²) in [6, 6.07) is 18.8. The predicted molar refractivity (Wildman–Crippen MR) is 182 cm³/mol. The molecule has 3 heterocycles.